The zero-order valence-corrected chi connectivity index (χ0v) is 11.0. The van der Waals surface area contributed by atoms with E-state index in [9.17, 15) is 18.3 Å². The third-order valence-electron chi connectivity index (χ3n) is 2.34. The minimum Gasteiger partial charge on any atom is -0.507 e. The normalized spacial score (nSPS) is 12.0. The van der Waals surface area contributed by atoms with Crippen LogP contribution in [0.4, 0.5) is 0 Å². The van der Waals surface area contributed by atoms with E-state index in [4.69, 9.17) is 5.73 Å². The van der Waals surface area contributed by atoms with Crippen LogP contribution in [-0.2, 0) is 14.8 Å². The molecule has 100 valence electrons. The topological polar surface area (TPSA) is 101 Å². The number of amides is 1. The molecule has 0 heterocycles. The van der Waals surface area contributed by atoms with E-state index in [1.807, 2.05) is 0 Å². The zero-order chi connectivity index (χ0) is 13.9. The van der Waals surface area contributed by atoms with Crippen molar-refractivity contribution in [3.05, 3.63) is 24.3 Å². The average Bonchev–Trinajstić information content (AvgIpc) is 2.25. The van der Waals surface area contributed by atoms with Crippen LogP contribution in [0.3, 0.4) is 0 Å². The van der Waals surface area contributed by atoms with Crippen LogP contribution in [0.2, 0.25) is 0 Å². The lowest BCUT2D eigenvalue weighted by atomic mass is 10.3. The van der Waals surface area contributed by atoms with E-state index in [2.05, 4.69) is 0 Å². The summed E-state index contributed by atoms with van der Waals surface area (Å²) < 4.78 is 25.5. The first-order valence-electron chi connectivity index (χ1n) is 5.35. The van der Waals surface area contributed by atoms with Crippen molar-refractivity contribution in [1.29, 1.82) is 0 Å². The molecule has 3 N–H and O–H groups in total. The Morgan fingerprint density at radius 1 is 1.39 bits per heavy atom. The number of primary amides is 1. The maximum absolute atomic E-state index is 12.3. The van der Waals surface area contributed by atoms with Gasteiger partial charge in [0.2, 0.25) is 15.9 Å². The number of sulfonamides is 1. The van der Waals surface area contributed by atoms with Crippen molar-refractivity contribution in [2.75, 3.05) is 6.54 Å². The summed E-state index contributed by atoms with van der Waals surface area (Å²) in [7, 11) is -3.94. The van der Waals surface area contributed by atoms with Crippen LogP contribution >= 0.6 is 0 Å². The van der Waals surface area contributed by atoms with E-state index in [-0.39, 0.29) is 10.6 Å². The predicted molar refractivity (Wildman–Crippen MR) is 66.3 cm³/mol. The summed E-state index contributed by atoms with van der Waals surface area (Å²) >= 11 is 0. The molecule has 0 fully saturated rings. The quantitative estimate of drug-likeness (QED) is 0.803. The summed E-state index contributed by atoms with van der Waals surface area (Å²) in [5.74, 6) is -1.10. The maximum Gasteiger partial charge on any atom is 0.247 e. The lowest BCUT2D eigenvalue weighted by Crippen LogP contribution is -2.42. The largest absolute Gasteiger partial charge is 0.507 e. The number of nitrogens with two attached hydrogens (primary N) is 1. The second-order valence-corrected chi connectivity index (χ2v) is 5.94. The summed E-state index contributed by atoms with van der Waals surface area (Å²) in [6.45, 7) is 2.83. The Balaban J connectivity index is 3.26. The Morgan fingerprint density at radius 2 is 1.94 bits per heavy atom. The average molecular weight is 272 g/mol. The summed E-state index contributed by atoms with van der Waals surface area (Å²) in [6.07, 6.45) is 0. The molecule has 0 saturated carbocycles. The van der Waals surface area contributed by atoms with Gasteiger partial charge in [0.25, 0.3) is 0 Å². The first-order chi connectivity index (χ1) is 8.26. The molecule has 1 rings (SSSR count). The van der Waals surface area contributed by atoms with E-state index in [0.717, 1.165) is 4.31 Å². The second-order valence-electron chi connectivity index (χ2n) is 4.08. The third kappa shape index (κ3) is 2.99. The highest BCUT2D eigenvalue weighted by atomic mass is 32.2. The number of benzene rings is 1. The van der Waals surface area contributed by atoms with Crippen LogP contribution in [0.1, 0.15) is 13.8 Å². The molecule has 0 aliphatic heterocycles. The molecule has 0 radical (unpaired) electrons. The smallest absolute Gasteiger partial charge is 0.247 e. The molecule has 7 heteroatoms. The van der Waals surface area contributed by atoms with E-state index < -0.39 is 28.5 Å². The molecule has 1 amide bonds. The van der Waals surface area contributed by atoms with Crippen molar-refractivity contribution >= 4 is 15.9 Å². The lowest BCUT2D eigenvalue weighted by molar-refractivity contribution is -0.118. The molecule has 6 nitrogen and oxygen atoms in total. The van der Waals surface area contributed by atoms with Crippen molar-refractivity contribution < 1.29 is 18.3 Å². The number of hydrogen-bond donors (Lipinski definition) is 2. The zero-order valence-electron chi connectivity index (χ0n) is 10.2. The van der Waals surface area contributed by atoms with Gasteiger partial charge in [-0.05, 0) is 26.0 Å². The van der Waals surface area contributed by atoms with Crippen molar-refractivity contribution in [2.45, 2.75) is 24.8 Å². The molecule has 0 bridgehead atoms. The van der Waals surface area contributed by atoms with Gasteiger partial charge in [-0.15, -0.1) is 0 Å². The fraction of sp³-hybridized carbons (Fsp3) is 0.364. The monoisotopic (exact) mass is 272 g/mol. The van der Waals surface area contributed by atoms with Gasteiger partial charge in [-0.3, -0.25) is 4.79 Å². The summed E-state index contributed by atoms with van der Waals surface area (Å²) in [6, 6.07) is 5.12. The fourth-order valence-electron chi connectivity index (χ4n) is 1.50. The van der Waals surface area contributed by atoms with Crippen molar-refractivity contribution in [3.63, 3.8) is 0 Å². The Bertz CT molecular complexity index is 540. The first-order valence-corrected chi connectivity index (χ1v) is 6.79. The number of aromatic hydroxyl groups is 1. The number of carbonyl (C=O) groups is 1. The molecule has 18 heavy (non-hydrogen) atoms. The van der Waals surface area contributed by atoms with Gasteiger partial charge in [0.05, 0.1) is 6.54 Å². The van der Waals surface area contributed by atoms with Gasteiger partial charge in [0.15, 0.2) is 0 Å². The summed E-state index contributed by atoms with van der Waals surface area (Å²) in [5.41, 5.74) is 5.04. The van der Waals surface area contributed by atoms with Gasteiger partial charge >= 0.3 is 0 Å². The summed E-state index contributed by atoms with van der Waals surface area (Å²) in [5, 5.41) is 9.59. The number of phenolic OH excluding ortho intramolecular Hbond substituents is 1. The van der Waals surface area contributed by atoms with Gasteiger partial charge in [0, 0.05) is 6.04 Å². The second kappa shape index (κ2) is 5.36. The minimum atomic E-state index is -3.94. The molecule has 0 unspecified atom stereocenters. The number of phenols is 1. The lowest BCUT2D eigenvalue weighted by Gasteiger charge is -2.24. The van der Waals surface area contributed by atoms with E-state index in [1.165, 1.54) is 24.3 Å². The van der Waals surface area contributed by atoms with E-state index in [0.29, 0.717) is 0 Å². The molecule has 1 aromatic rings. The standard InChI is InChI=1S/C11H16N2O4S/c1-8(2)13(7-11(12)15)18(16,17)10-6-4-3-5-9(10)14/h3-6,8,14H,7H2,1-2H3,(H2,12,15). The first kappa shape index (κ1) is 14.5. The number of rotatable bonds is 5. The summed E-state index contributed by atoms with van der Waals surface area (Å²) in [4.78, 5) is 10.7. The van der Waals surface area contributed by atoms with Crippen LogP contribution < -0.4 is 5.73 Å². The molecule has 0 spiro atoms. The third-order valence-corrected chi connectivity index (χ3v) is 4.41. The molecule has 0 atom stereocenters. The molecular weight excluding hydrogens is 256 g/mol. The number of nitrogens with zero attached hydrogens (tertiary/aromatic N) is 1. The Kier molecular flexibility index (Phi) is 4.31. The molecule has 0 aliphatic carbocycles. The fourth-order valence-corrected chi connectivity index (χ4v) is 3.19. The van der Waals surface area contributed by atoms with E-state index >= 15 is 0 Å². The Morgan fingerprint density at radius 3 is 2.39 bits per heavy atom. The van der Waals surface area contributed by atoms with Gasteiger partial charge < -0.3 is 10.8 Å². The molecule has 0 saturated heterocycles. The highest BCUT2D eigenvalue weighted by Crippen LogP contribution is 2.26. The highest BCUT2D eigenvalue weighted by Gasteiger charge is 2.30. The number of carbonyl (C=O) groups excluding carboxylic acids is 1. The number of hydrogen-bond acceptors (Lipinski definition) is 4. The van der Waals surface area contributed by atoms with Crippen LogP contribution in [0, 0.1) is 0 Å². The maximum atomic E-state index is 12.3. The van der Waals surface area contributed by atoms with Gasteiger partial charge in [-0.1, -0.05) is 12.1 Å². The van der Waals surface area contributed by atoms with Crippen LogP contribution in [-0.4, -0.2) is 36.3 Å². The van der Waals surface area contributed by atoms with Crippen LogP contribution in [0.5, 0.6) is 5.75 Å². The van der Waals surface area contributed by atoms with Crippen LogP contribution in [0.25, 0.3) is 0 Å². The molecule has 1 aromatic carbocycles. The van der Waals surface area contributed by atoms with Gasteiger partial charge in [-0.25, -0.2) is 8.42 Å². The molecular formula is C11H16N2O4S. The molecule has 0 aliphatic rings. The van der Waals surface area contributed by atoms with Crippen molar-refractivity contribution in [3.8, 4) is 5.75 Å². The van der Waals surface area contributed by atoms with Crippen molar-refractivity contribution in [1.82, 2.24) is 4.31 Å². The minimum absolute atomic E-state index is 0.236. The van der Waals surface area contributed by atoms with Crippen LogP contribution in [0.15, 0.2) is 29.2 Å². The SMILES string of the molecule is CC(C)N(CC(N)=O)S(=O)(=O)c1ccccc1O. The predicted octanol–water partition coefficient (Wildman–Crippen LogP) is 0.277. The van der Waals surface area contributed by atoms with Crippen molar-refractivity contribution in [2.24, 2.45) is 5.73 Å². The number of para-hydroxylation sites is 1. The Hall–Kier alpha value is -1.60. The molecule has 0 aromatic heterocycles. The van der Waals surface area contributed by atoms with E-state index in [1.54, 1.807) is 13.8 Å². The van der Waals surface area contributed by atoms with Gasteiger partial charge in [-0.2, -0.15) is 4.31 Å². The highest BCUT2D eigenvalue weighted by molar-refractivity contribution is 7.89. The van der Waals surface area contributed by atoms with Gasteiger partial charge in [0.1, 0.15) is 10.6 Å². The Labute approximate surface area is 106 Å².